The van der Waals surface area contributed by atoms with E-state index in [2.05, 4.69) is 23.8 Å². The molecule has 1 atom stereocenters. The third-order valence-electron chi connectivity index (χ3n) is 2.79. The van der Waals surface area contributed by atoms with Crippen molar-refractivity contribution < 1.29 is 4.79 Å². The monoisotopic (exact) mass is 266 g/mol. The van der Waals surface area contributed by atoms with Crippen LogP contribution in [0.2, 0.25) is 0 Å². The van der Waals surface area contributed by atoms with Crippen LogP contribution in [-0.2, 0) is 4.79 Å². The van der Waals surface area contributed by atoms with E-state index in [1.54, 1.807) is 24.6 Å². The number of thioether (sulfide) groups is 1. The van der Waals surface area contributed by atoms with Crippen molar-refractivity contribution in [1.29, 1.82) is 0 Å². The summed E-state index contributed by atoms with van der Waals surface area (Å²) in [5, 5.41) is 1.96. The standard InChI is InChI=1S/C12H14N2OS2/c1-6-8(3)16-11-10(6)12(14-5-13-11)17-9(4)7(2)15/h5,9H,1-4H3/t9-/m1/s1. The molecule has 0 aliphatic heterocycles. The first-order chi connectivity index (χ1) is 8.00. The molecule has 2 rings (SSSR count). The lowest BCUT2D eigenvalue weighted by Gasteiger charge is -2.07. The minimum Gasteiger partial charge on any atom is -0.299 e. The van der Waals surface area contributed by atoms with Crippen LogP contribution in [0.1, 0.15) is 24.3 Å². The Labute approximate surface area is 109 Å². The fourth-order valence-electron chi connectivity index (χ4n) is 1.49. The quantitative estimate of drug-likeness (QED) is 0.631. The zero-order valence-corrected chi connectivity index (χ0v) is 11.9. The number of ketones is 1. The van der Waals surface area contributed by atoms with Gasteiger partial charge in [0.05, 0.1) is 5.25 Å². The molecule has 2 aromatic heterocycles. The van der Waals surface area contributed by atoms with Gasteiger partial charge in [0.25, 0.3) is 0 Å². The molecule has 0 saturated heterocycles. The van der Waals surface area contributed by atoms with Gasteiger partial charge in [0.2, 0.25) is 0 Å². The summed E-state index contributed by atoms with van der Waals surface area (Å²) in [4.78, 5) is 22.2. The predicted octanol–water partition coefficient (Wildman–Crippen LogP) is 3.38. The normalized spacial score (nSPS) is 12.9. The summed E-state index contributed by atoms with van der Waals surface area (Å²) in [5.74, 6) is 0.173. The van der Waals surface area contributed by atoms with Crippen LogP contribution in [0, 0.1) is 13.8 Å². The number of rotatable bonds is 3. The van der Waals surface area contributed by atoms with E-state index in [4.69, 9.17) is 0 Å². The average Bonchev–Trinajstić information content (AvgIpc) is 2.56. The molecule has 5 heteroatoms. The van der Waals surface area contributed by atoms with Gasteiger partial charge in [-0.3, -0.25) is 4.79 Å². The van der Waals surface area contributed by atoms with Gasteiger partial charge in [0, 0.05) is 10.3 Å². The van der Waals surface area contributed by atoms with E-state index in [1.165, 1.54) is 22.2 Å². The molecular formula is C12H14N2OS2. The van der Waals surface area contributed by atoms with Gasteiger partial charge in [-0.05, 0) is 33.3 Å². The highest BCUT2D eigenvalue weighted by atomic mass is 32.2. The SMILES string of the molecule is CC(=O)[C@@H](C)Sc1ncnc2sc(C)c(C)c12. The molecular weight excluding hydrogens is 252 g/mol. The van der Waals surface area contributed by atoms with Crippen molar-refractivity contribution in [2.45, 2.75) is 38.0 Å². The summed E-state index contributed by atoms with van der Waals surface area (Å²) in [6.07, 6.45) is 1.58. The van der Waals surface area contributed by atoms with Crippen molar-refractivity contribution in [3.05, 3.63) is 16.8 Å². The highest BCUT2D eigenvalue weighted by Gasteiger charge is 2.16. The van der Waals surface area contributed by atoms with E-state index < -0.39 is 0 Å². The van der Waals surface area contributed by atoms with Gasteiger partial charge in [-0.1, -0.05) is 11.8 Å². The number of aromatic nitrogens is 2. The Morgan fingerprint density at radius 3 is 2.76 bits per heavy atom. The lowest BCUT2D eigenvalue weighted by molar-refractivity contribution is -0.116. The van der Waals surface area contributed by atoms with Crippen molar-refractivity contribution >= 4 is 39.1 Å². The number of fused-ring (bicyclic) bond motifs is 1. The van der Waals surface area contributed by atoms with Crippen LogP contribution in [0.15, 0.2) is 11.4 Å². The van der Waals surface area contributed by atoms with Crippen molar-refractivity contribution in [3.8, 4) is 0 Å². The Balaban J connectivity index is 2.50. The van der Waals surface area contributed by atoms with E-state index in [0.717, 1.165) is 15.2 Å². The zero-order valence-electron chi connectivity index (χ0n) is 10.3. The maximum absolute atomic E-state index is 11.3. The molecule has 0 saturated carbocycles. The van der Waals surface area contributed by atoms with Crippen LogP contribution in [-0.4, -0.2) is 21.0 Å². The Morgan fingerprint density at radius 1 is 1.41 bits per heavy atom. The number of carbonyl (C=O) groups excluding carboxylic acids is 1. The first-order valence-electron chi connectivity index (χ1n) is 5.38. The molecule has 0 aliphatic carbocycles. The number of aryl methyl sites for hydroxylation is 2. The topological polar surface area (TPSA) is 42.9 Å². The maximum Gasteiger partial charge on any atom is 0.142 e. The smallest absolute Gasteiger partial charge is 0.142 e. The molecule has 0 aromatic carbocycles. The van der Waals surface area contributed by atoms with Gasteiger partial charge < -0.3 is 0 Å². The van der Waals surface area contributed by atoms with E-state index in [0.29, 0.717) is 0 Å². The van der Waals surface area contributed by atoms with E-state index in [-0.39, 0.29) is 11.0 Å². The van der Waals surface area contributed by atoms with E-state index in [1.807, 2.05) is 6.92 Å². The largest absolute Gasteiger partial charge is 0.299 e. The van der Waals surface area contributed by atoms with Gasteiger partial charge >= 0.3 is 0 Å². The third-order valence-corrected chi connectivity index (χ3v) is 5.12. The Morgan fingerprint density at radius 2 is 2.12 bits per heavy atom. The second-order valence-corrected chi connectivity index (χ2v) is 6.55. The summed E-state index contributed by atoms with van der Waals surface area (Å²) in [5.41, 5.74) is 1.23. The number of hydrogen-bond donors (Lipinski definition) is 0. The third kappa shape index (κ3) is 2.35. The molecule has 0 bridgehead atoms. The van der Waals surface area contributed by atoms with Crippen molar-refractivity contribution in [1.82, 2.24) is 9.97 Å². The molecule has 0 N–H and O–H groups in total. The highest BCUT2D eigenvalue weighted by Crippen LogP contribution is 2.35. The maximum atomic E-state index is 11.3. The highest BCUT2D eigenvalue weighted by molar-refractivity contribution is 8.00. The van der Waals surface area contributed by atoms with Crippen molar-refractivity contribution in [2.75, 3.05) is 0 Å². The van der Waals surface area contributed by atoms with Crippen LogP contribution in [0.25, 0.3) is 10.2 Å². The van der Waals surface area contributed by atoms with Crippen LogP contribution >= 0.6 is 23.1 Å². The summed E-state index contributed by atoms with van der Waals surface area (Å²) in [7, 11) is 0. The number of hydrogen-bond acceptors (Lipinski definition) is 5. The fourth-order valence-corrected chi connectivity index (χ4v) is 3.53. The van der Waals surface area contributed by atoms with Crippen LogP contribution in [0.4, 0.5) is 0 Å². The molecule has 3 nitrogen and oxygen atoms in total. The molecule has 0 unspecified atom stereocenters. The molecule has 0 aliphatic rings. The van der Waals surface area contributed by atoms with Gasteiger partial charge in [-0.25, -0.2) is 9.97 Å². The molecule has 17 heavy (non-hydrogen) atoms. The molecule has 0 amide bonds. The summed E-state index contributed by atoms with van der Waals surface area (Å²) < 4.78 is 0. The van der Waals surface area contributed by atoms with Crippen molar-refractivity contribution in [3.63, 3.8) is 0 Å². The number of nitrogens with zero attached hydrogens (tertiary/aromatic N) is 2. The molecule has 2 heterocycles. The minimum absolute atomic E-state index is 0.0623. The Bertz CT molecular complexity index is 577. The van der Waals surface area contributed by atoms with Gasteiger partial charge in [0.15, 0.2) is 0 Å². The first kappa shape index (κ1) is 12.5. The lowest BCUT2D eigenvalue weighted by Crippen LogP contribution is -2.08. The van der Waals surface area contributed by atoms with E-state index >= 15 is 0 Å². The number of carbonyl (C=O) groups is 1. The van der Waals surface area contributed by atoms with Crippen molar-refractivity contribution in [2.24, 2.45) is 0 Å². The van der Waals surface area contributed by atoms with Gasteiger partial charge in [0.1, 0.15) is 22.0 Å². The first-order valence-corrected chi connectivity index (χ1v) is 7.08. The van der Waals surface area contributed by atoms with Crippen LogP contribution in [0.3, 0.4) is 0 Å². The summed E-state index contributed by atoms with van der Waals surface area (Å²) >= 11 is 3.19. The van der Waals surface area contributed by atoms with Gasteiger partial charge in [-0.2, -0.15) is 0 Å². The Kier molecular flexibility index (Phi) is 3.49. The van der Waals surface area contributed by atoms with Crippen LogP contribution < -0.4 is 0 Å². The molecule has 0 radical (unpaired) electrons. The molecule has 0 fully saturated rings. The fraction of sp³-hybridized carbons (Fsp3) is 0.417. The zero-order chi connectivity index (χ0) is 12.6. The number of Topliss-reactive ketones (excluding diaryl/α,β-unsaturated/α-hetero) is 1. The van der Waals surface area contributed by atoms with Crippen LogP contribution in [0.5, 0.6) is 0 Å². The molecule has 2 aromatic rings. The second-order valence-electron chi connectivity index (χ2n) is 4.01. The van der Waals surface area contributed by atoms with Gasteiger partial charge in [-0.15, -0.1) is 11.3 Å². The molecule has 90 valence electrons. The predicted molar refractivity (Wildman–Crippen MR) is 72.9 cm³/mol. The Hall–Kier alpha value is -0.940. The second kappa shape index (κ2) is 4.74. The molecule has 0 spiro atoms. The van der Waals surface area contributed by atoms with E-state index in [9.17, 15) is 4.79 Å². The summed E-state index contributed by atoms with van der Waals surface area (Å²) in [6, 6.07) is 0. The lowest BCUT2D eigenvalue weighted by atomic mass is 10.2. The summed E-state index contributed by atoms with van der Waals surface area (Å²) in [6.45, 7) is 7.70. The average molecular weight is 266 g/mol. The minimum atomic E-state index is -0.0623. The number of thiophene rings is 1.